The predicted molar refractivity (Wildman–Crippen MR) is 109 cm³/mol. The Bertz CT molecular complexity index is 870. The highest BCUT2D eigenvalue weighted by atomic mass is 16.5. The molecule has 0 amide bonds. The van der Waals surface area contributed by atoms with Crippen molar-refractivity contribution in [2.24, 2.45) is 0 Å². The van der Waals surface area contributed by atoms with E-state index in [1.54, 1.807) is 12.1 Å². The van der Waals surface area contributed by atoms with Gasteiger partial charge in [0.1, 0.15) is 30.0 Å². The molecule has 0 bridgehead atoms. The third-order valence-corrected chi connectivity index (χ3v) is 4.98. The van der Waals surface area contributed by atoms with Crippen LogP contribution in [0.2, 0.25) is 0 Å². The van der Waals surface area contributed by atoms with Gasteiger partial charge in [-0.1, -0.05) is 6.07 Å². The summed E-state index contributed by atoms with van der Waals surface area (Å²) in [6.45, 7) is 3.01. The van der Waals surface area contributed by atoms with Gasteiger partial charge < -0.3 is 25.8 Å². The van der Waals surface area contributed by atoms with Crippen molar-refractivity contribution in [3.05, 3.63) is 35.4 Å². The first-order chi connectivity index (χ1) is 13.5. The number of piperidine rings is 1. The molecule has 7 heteroatoms. The van der Waals surface area contributed by atoms with E-state index in [4.69, 9.17) is 10.5 Å². The number of anilines is 1. The zero-order valence-corrected chi connectivity index (χ0v) is 16.4. The number of aromatic hydroxyl groups is 1. The zero-order valence-electron chi connectivity index (χ0n) is 16.4. The van der Waals surface area contributed by atoms with Gasteiger partial charge in [-0.25, -0.2) is 4.98 Å². The van der Waals surface area contributed by atoms with Crippen molar-refractivity contribution in [3.63, 3.8) is 0 Å². The molecule has 2 aromatic rings. The number of hydrogen-bond donors (Lipinski definition) is 3. The largest absolute Gasteiger partial charge is 0.507 e. The number of nitrogens with two attached hydrogens (primary N) is 1. The topological polar surface area (TPSA) is 107 Å². The van der Waals surface area contributed by atoms with E-state index >= 15 is 0 Å². The molecule has 1 aromatic heterocycles. The van der Waals surface area contributed by atoms with Crippen molar-refractivity contribution in [1.29, 1.82) is 5.26 Å². The molecule has 0 spiro atoms. The minimum Gasteiger partial charge on any atom is -0.507 e. The maximum absolute atomic E-state index is 10.5. The fourth-order valence-electron chi connectivity index (χ4n) is 3.51. The molecule has 1 unspecified atom stereocenters. The number of likely N-dealkylation sites (N-methyl/N-ethyl adjacent to an activating group) is 1. The van der Waals surface area contributed by atoms with Crippen molar-refractivity contribution in [2.75, 3.05) is 46.1 Å². The van der Waals surface area contributed by atoms with Crippen molar-refractivity contribution < 1.29 is 9.84 Å². The highest BCUT2D eigenvalue weighted by Crippen LogP contribution is 2.40. The molecule has 1 atom stereocenters. The summed E-state index contributed by atoms with van der Waals surface area (Å²) in [5.41, 5.74) is 8.45. The fourth-order valence-corrected chi connectivity index (χ4v) is 3.51. The van der Waals surface area contributed by atoms with E-state index in [9.17, 15) is 10.4 Å². The van der Waals surface area contributed by atoms with Crippen LogP contribution >= 0.6 is 0 Å². The molecule has 1 fully saturated rings. The average molecular weight is 381 g/mol. The van der Waals surface area contributed by atoms with E-state index in [0.29, 0.717) is 29.2 Å². The van der Waals surface area contributed by atoms with Crippen molar-refractivity contribution in [1.82, 2.24) is 15.2 Å². The van der Waals surface area contributed by atoms with Gasteiger partial charge in [-0.2, -0.15) is 5.26 Å². The van der Waals surface area contributed by atoms with Gasteiger partial charge in [0.2, 0.25) is 0 Å². The lowest BCUT2D eigenvalue weighted by atomic mass is 9.88. The SMILES string of the molecule is CN(C)CCOc1cccc(O)c1-c1cc(C2CCCNC2)c(C#N)c(N)n1. The number of rotatable bonds is 6. The summed E-state index contributed by atoms with van der Waals surface area (Å²) in [6, 6.07) is 9.23. The Kier molecular flexibility index (Phi) is 6.34. The summed E-state index contributed by atoms with van der Waals surface area (Å²) >= 11 is 0. The summed E-state index contributed by atoms with van der Waals surface area (Å²) in [4.78, 5) is 6.44. The number of nitrogens with zero attached hydrogens (tertiary/aromatic N) is 3. The van der Waals surface area contributed by atoms with E-state index in [-0.39, 0.29) is 17.5 Å². The Hall–Kier alpha value is -2.82. The lowest BCUT2D eigenvalue weighted by Crippen LogP contribution is -2.29. The van der Waals surface area contributed by atoms with Crippen LogP contribution in [0.4, 0.5) is 5.82 Å². The lowest BCUT2D eigenvalue weighted by molar-refractivity contribution is 0.261. The number of pyridine rings is 1. The van der Waals surface area contributed by atoms with Crippen LogP contribution in [0, 0.1) is 11.3 Å². The molecule has 1 aliphatic rings. The lowest BCUT2D eigenvalue weighted by Gasteiger charge is -2.25. The first-order valence-electron chi connectivity index (χ1n) is 9.52. The Balaban J connectivity index is 2.04. The molecular weight excluding hydrogens is 354 g/mol. The van der Waals surface area contributed by atoms with Crippen LogP contribution in [0.3, 0.4) is 0 Å². The van der Waals surface area contributed by atoms with Gasteiger partial charge in [-0.3, -0.25) is 0 Å². The third kappa shape index (κ3) is 4.35. The molecule has 28 heavy (non-hydrogen) atoms. The second-order valence-corrected chi connectivity index (χ2v) is 7.31. The quantitative estimate of drug-likeness (QED) is 0.705. The van der Waals surface area contributed by atoms with Crippen molar-refractivity contribution in [2.45, 2.75) is 18.8 Å². The number of nitrogens with one attached hydrogen (secondary N) is 1. The van der Waals surface area contributed by atoms with Crippen LogP contribution < -0.4 is 15.8 Å². The highest BCUT2D eigenvalue weighted by Gasteiger charge is 2.23. The molecule has 1 aromatic carbocycles. The van der Waals surface area contributed by atoms with Gasteiger partial charge in [-0.05, 0) is 63.2 Å². The van der Waals surface area contributed by atoms with Crippen LogP contribution in [0.25, 0.3) is 11.3 Å². The molecule has 0 radical (unpaired) electrons. The molecule has 0 saturated carbocycles. The first-order valence-corrected chi connectivity index (χ1v) is 9.52. The maximum atomic E-state index is 10.5. The second-order valence-electron chi connectivity index (χ2n) is 7.31. The predicted octanol–water partition coefficient (Wildman–Crippen LogP) is 2.32. The number of phenols is 1. The molecule has 4 N–H and O–H groups in total. The molecule has 3 rings (SSSR count). The smallest absolute Gasteiger partial charge is 0.142 e. The van der Waals surface area contributed by atoms with E-state index in [2.05, 4.69) is 16.4 Å². The first kappa shape index (κ1) is 19.9. The maximum Gasteiger partial charge on any atom is 0.142 e. The van der Waals surface area contributed by atoms with Crippen LogP contribution in [0.5, 0.6) is 11.5 Å². The Morgan fingerprint density at radius 3 is 2.93 bits per heavy atom. The minimum atomic E-state index is 0.0756. The molecule has 7 nitrogen and oxygen atoms in total. The van der Waals surface area contributed by atoms with E-state index in [0.717, 1.165) is 38.0 Å². The standard InChI is InChI=1S/C21H27N5O2/c1-26(2)9-10-28-19-7-3-6-18(27)20(19)17-11-15(14-5-4-8-24-13-14)16(12-22)21(23)25-17/h3,6-7,11,14,24,27H,4-5,8-10,13H2,1-2H3,(H2,23,25). The van der Waals surface area contributed by atoms with Crippen LogP contribution in [0.15, 0.2) is 24.3 Å². The van der Waals surface area contributed by atoms with Gasteiger partial charge in [0, 0.05) is 13.1 Å². The Labute approximate surface area is 165 Å². The van der Waals surface area contributed by atoms with Gasteiger partial charge in [-0.15, -0.1) is 0 Å². The van der Waals surface area contributed by atoms with Gasteiger partial charge >= 0.3 is 0 Å². The monoisotopic (exact) mass is 381 g/mol. The van der Waals surface area contributed by atoms with Gasteiger partial charge in [0.05, 0.1) is 16.8 Å². The average Bonchev–Trinajstić information content (AvgIpc) is 2.68. The highest BCUT2D eigenvalue weighted by molar-refractivity contribution is 5.76. The summed E-state index contributed by atoms with van der Waals surface area (Å²) in [7, 11) is 3.94. The van der Waals surface area contributed by atoms with Crippen molar-refractivity contribution >= 4 is 5.82 Å². The van der Waals surface area contributed by atoms with Crippen LogP contribution in [-0.4, -0.2) is 55.3 Å². The van der Waals surface area contributed by atoms with Crippen molar-refractivity contribution in [3.8, 4) is 28.8 Å². The number of phenolic OH excluding ortho intramolecular Hbond substituents is 1. The van der Waals surface area contributed by atoms with Gasteiger partial charge in [0.15, 0.2) is 0 Å². The number of ether oxygens (including phenoxy) is 1. The Morgan fingerprint density at radius 2 is 2.25 bits per heavy atom. The Morgan fingerprint density at radius 1 is 1.43 bits per heavy atom. The molecular formula is C21H27N5O2. The number of hydrogen-bond acceptors (Lipinski definition) is 7. The summed E-state index contributed by atoms with van der Waals surface area (Å²) in [5, 5.41) is 23.5. The second kappa shape index (κ2) is 8.91. The fraction of sp³-hybridized carbons (Fsp3) is 0.429. The summed E-state index contributed by atoms with van der Waals surface area (Å²) in [5.74, 6) is 0.998. The number of nitrogen functional groups attached to an aromatic ring is 1. The minimum absolute atomic E-state index is 0.0756. The number of nitriles is 1. The summed E-state index contributed by atoms with van der Waals surface area (Å²) in [6.07, 6.45) is 2.03. The third-order valence-electron chi connectivity index (χ3n) is 4.98. The molecule has 148 valence electrons. The summed E-state index contributed by atoms with van der Waals surface area (Å²) < 4.78 is 5.91. The van der Waals surface area contributed by atoms with E-state index < -0.39 is 0 Å². The van der Waals surface area contributed by atoms with Crippen LogP contribution in [-0.2, 0) is 0 Å². The van der Waals surface area contributed by atoms with E-state index in [1.807, 2.05) is 31.1 Å². The van der Waals surface area contributed by atoms with Crippen LogP contribution in [0.1, 0.15) is 29.9 Å². The number of aromatic nitrogens is 1. The molecule has 0 aliphatic carbocycles. The normalized spacial score (nSPS) is 16.7. The zero-order chi connectivity index (χ0) is 20.1. The number of benzene rings is 1. The molecule has 1 aliphatic heterocycles. The van der Waals surface area contributed by atoms with Gasteiger partial charge in [0.25, 0.3) is 0 Å². The van der Waals surface area contributed by atoms with E-state index in [1.165, 1.54) is 0 Å². The molecule has 1 saturated heterocycles. The molecule has 2 heterocycles.